The number of phenolic OH excluding ortho intramolecular Hbond substituents is 1. The zero-order valence-electron chi connectivity index (χ0n) is 21.0. The van der Waals surface area contributed by atoms with Crippen molar-refractivity contribution in [2.75, 3.05) is 0 Å². The van der Waals surface area contributed by atoms with Gasteiger partial charge in [-0.15, -0.1) is 23.4 Å². The van der Waals surface area contributed by atoms with Gasteiger partial charge in [0.2, 0.25) is 0 Å². The number of amidine groups is 1. The summed E-state index contributed by atoms with van der Waals surface area (Å²) in [6.45, 7) is 11.7. The molecule has 0 atom stereocenters. The second kappa shape index (κ2) is 11.6. The summed E-state index contributed by atoms with van der Waals surface area (Å²) in [5.74, 6) is 11.0. The van der Waals surface area contributed by atoms with Gasteiger partial charge in [0.15, 0.2) is 17.3 Å². The van der Waals surface area contributed by atoms with Crippen molar-refractivity contribution in [1.82, 2.24) is 15.2 Å². The number of rotatable bonds is 5. The summed E-state index contributed by atoms with van der Waals surface area (Å²) in [7, 11) is 0. The molecule has 190 valence electrons. The van der Waals surface area contributed by atoms with E-state index in [-0.39, 0.29) is 22.7 Å². The van der Waals surface area contributed by atoms with E-state index in [0.717, 1.165) is 11.1 Å². The van der Waals surface area contributed by atoms with E-state index in [1.165, 1.54) is 4.68 Å². The molecule has 0 unspecified atom stereocenters. The Kier molecular flexibility index (Phi) is 8.39. The number of nitrogens with one attached hydrogen (secondary N) is 2. The maximum absolute atomic E-state index is 13.0. The van der Waals surface area contributed by atoms with Gasteiger partial charge >= 0.3 is 0 Å². The Morgan fingerprint density at radius 1 is 1.00 bits per heavy atom. The van der Waals surface area contributed by atoms with Crippen molar-refractivity contribution in [3.05, 3.63) is 107 Å². The molecule has 3 aromatic carbocycles. The summed E-state index contributed by atoms with van der Waals surface area (Å²) in [6.07, 6.45) is 0. The number of aromatic hydroxyl groups is 1. The first-order valence-electron chi connectivity index (χ1n) is 11.3. The van der Waals surface area contributed by atoms with Crippen LogP contribution in [-0.2, 0) is 0 Å². The zero-order chi connectivity index (χ0) is 27.1. The number of para-hydroxylation sites is 1. The van der Waals surface area contributed by atoms with Crippen molar-refractivity contribution in [3.8, 4) is 22.6 Å². The largest absolute Gasteiger partial charge is 0.505 e. The highest BCUT2D eigenvalue weighted by Crippen LogP contribution is 2.38. The maximum Gasteiger partial charge on any atom is 0.299 e. The van der Waals surface area contributed by atoms with E-state index < -0.39 is 0 Å². The molecular formula is C27H30N8O2. The SMILES string of the molecule is C=C.Cc1ccc(-n2[nH]c(C)c(N=Nc3cccc(-c4cccc(/C(=N/N)NN)c4)c3O)c2=O)cc1C. The van der Waals surface area contributed by atoms with Gasteiger partial charge in [0.1, 0.15) is 5.69 Å². The Labute approximate surface area is 214 Å². The molecule has 37 heavy (non-hydrogen) atoms. The number of aromatic nitrogens is 2. The fourth-order valence-electron chi connectivity index (χ4n) is 3.68. The monoisotopic (exact) mass is 498 g/mol. The smallest absolute Gasteiger partial charge is 0.299 e. The first kappa shape index (κ1) is 26.6. The Bertz CT molecular complexity index is 1530. The van der Waals surface area contributed by atoms with Crippen molar-refractivity contribution in [2.45, 2.75) is 20.8 Å². The number of nitrogens with two attached hydrogens (primary N) is 2. The van der Waals surface area contributed by atoms with Gasteiger partial charge in [-0.25, -0.2) is 10.5 Å². The van der Waals surface area contributed by atoms with Gasteiger partial charge in [0, 0.05) is 11.1 Å². The number of azo groups is 1. The molecule has 7 N–H and O–H groups in total. The zero-order valence-corrected chi connectivity index (χ0v) is 21.0. The fraction of sp³-hybridized carbons (Fsp3) is 0.111. The molecule has 0 saturated carbocycles. The lowest BCUT2D eigenvalue weighted by atomic mass is 10.0. The number of hydrogen-bond acceptors (Lipinski definition) is 7. The molecule has 1 aromatic heterocycles. The van der Waals surface area contributed by atoms with Crippen molar-refractivity contribution in [2.24, 2.45) is 27.0 Å². The summed E-state index contributed by atoms with van der Waals surface area (Å²) in [6, 6.07) is 18.0. The van der Waals surface area contributed by atoms with Crippen molar-refractivity contribution in [3.63, 3.8) is 0 Å². The standard InChI is InChI=1S/C25H26N8O2.C2H4/c1-14-10-11-19(12-15(14)2)33-25(35)22(16(3)32-33)31-30-21-9-5-8-20(23(21)34)17-6-4-7-18(13-17)24(28-26)29-27;1-2/h4-13,32,34H,26-27H2,1-3H3,(H,28,29);1-2H2. The molecule has 10 nitrogen and oxygen atoms in total. The highest BCUT2D eigenvalue weighted by Gasteiger charge is 2.14. The van der Waals surface area contributed by atoms with Crippen LogP contribution in [0.15, 0.2) is 93.9 Å². The van der Waals surface area contributed by atoms with Crippen LogP contribution >= 0.6 is 0 Å². The van der Waals surface area contributed by atoms with E-state index in [1.807, 2.05) is 38.1 Å². The minimum Gasteiger partial charge on any atom is -0.505 e. The van der Waals surface area contributed by atoms with Crippen LogP contribution in [0.3, 0.4) is 0 Å². The molecule has 0 amide bonds. The second-order valence-corrected chi connectivity index (χ2v) is 8.07. The molecule has 0 aliphatic carbocycles. The van der Waals surface area contributed by atoms with Crippen LogP contribution in [-0.4, -0.2) is 20.7 Å². The van der Waals surface area contributed by atoms with Crippen molar-refractivity contribution < 1.29 is 5.11 Å². The Balaban J connectivity index is 0.00000186. The summed E-state index contributed by atoms with van der Waals surface area (Å²) in [5.41, 5.74) is 7.82. The van der Waals surface area contributed by atoms with E-state index in [1.54, 1.807) is 43.3 Å². The minimum absolute atomic E-state index is 0.0805. The van der Waals surface area contributed by atoms with Crippen molar-refractivity contribution >= 4 is 17.2 Å². The molecule has 0 spiro atoms. The van der Waals surface area contributed by atoms with Crippen LogP contribution < -0.4 is 22.7 Å². The lowest BCUT2D eigenvalue weighted by molar-refractivity contribution is 0.478. The number of hydrazone groups is 1. The number of aryl methyl sites for hydroxylation is 3. The number of benzene rings is 3. The van der Waals surface area contributed by atoms with Crippen molar-refractivity contribution in [1.29, 1.82) is 0 Å². The Hall–Kier alpha value is -4.96. The van der Waals surface area contributed by atoms with Crippen LogP contribution in [0.5, 0.6) is 5.75 Å². The number of hydrogen-bond donors (Lipinski definition) is 5. The van der Waals surface area contributed by atoms with Gasteiger partial charge < -0.3 is 16.4 Å². The molecule has 0 radical (unpaired) electrons. The van der Waals surface area contributed by atoms with Gasteiger partial charge in [-0.05, 0) is 61.7 Å². The van der Waals surface area contributed by atoms with Gasteiger partial charge in [-0.1, -0.05) is 36.4 Å². The predicted molar refractivity (Wildman–Crippen MR) is 148 cm³/mol. The third-order valence-corrected chi connectivity index (χ3v) is 5.77. The third kappa shape index (κ3) is 5.49. The highest BCUT2D eigenvalue weighted by molar-refractivity contribution is 5.99. The summed E-state index contributed by atoms with van der Waals surface area (Å²) in [5, 5.41) is 25.9. The molecular weight excluding hydrogens is 468 g/mol. The average Bonchev–Trinajstić information content (AvgIpc) is 3.20. The predicted octanol–water partition coefficient (Wildman–Crippen LogP) is 4.76. The first-order valence-corrected chi connectivity index (χ1v) is 11.3. The van der Waals surface area contributed by atoms with Crippen LogP contribution in [0, 0.1) is 20.8 Å². The lowest BCUT2D eigenvalue weighted by Crippen LogP contribution is -2.32. The number of aromatic amines is 1. The van der Waals surface area contributed by atoms with E-state index in [0.29, 0.717) is 33.9 Å². The highest BCUT2D eigenvalue weighted by atomic mass is 16.3. The Morgan fingerprint density at radius 3 is 2.41 bits per heavy atom. The number of hydrazine groups is 1. The second-order valence-electron chi connectivity index (χ2n) is 8.07. The summed E-state index contributed by atoms with van der Waals surface area (Å²) >= 11 is 0. The molecule has 0 saturated heterocycles. The van der Waals surface area contributed by atoms with Gasteiger partial charge in [-0.3, -0.25) is 9.89 Å². The third-order valence-electron chi connectivity index (χ3n) is 5.77. The van der Waals surface area contributed by atoms with Gasteiger partial charge in [-0.2, -0.15) is 5.10 Å². The molecule has 0 aliphatic heterocycles. The quantitative estimate of drug-likeness (QED) is 0.0668. The molecule has 0 bridgehead atoms. The molecule has 4 aromatic rings. The number of H-pyrrole nitrogens is 1. The van der Waals surface area contributed by atoms with Crippen LogP contribution in [0.4, 0.5) is 11.4 Å². The molecule has 10 heteroatoms. The number of phenols is 1. The molecule has 1 heterocycles. The molecule has 0 fully saturated rings. The minimum atomic E-state index is -0.333. The van der Waals surface area contributed by atoms with E-state index in [4.69, 9.17) is 11.7 Å². The maximum atomic E-state index is 13.0. The average molecular weight is 499 g/mol. The number of nitrogens with zero attached hydrogens (tertiary/aromatic N) is 4. The van der Waals surface area contributed by atoms with E-state index >= 15 is 0 Å². The van der Waals surface area contributed by atoms with Gasteiger partial charge in [0.25, 0.3) is 5.56 Å². The first-order chi connectivity index (χ1) is 17.8. The topological polar surface area (TPSA) is 159 Å². The summed E-state index contributed by atoms with van der Waals surface area (Å²) < 4.78 is 1.43. The summed E-state index contributed by atoms with van der Waals surface area (Å²) in [4.78, 5) is 13.0. The van der Waals surface area contributed by atoms with E-state index in [2.05, 4.69) is 39.0 Å². The lowest BCUT2D eigenvalue weighted by Gasteiger charge is -2.09. The van der Waals surface area contributed by atoms with Crippen LogP contribution in [0.2, 0.25) is 0 Å². The van der Waals surface area contributed by atoms with Crippen LogP contribution in [0.25, 0.3) is 16.8 Å². The van der Waals surface area contributed by atoms with E-state index in [9.17, 15) is 9.90 Å². The fourth-order valence-corrected chi connectivity index (χ4v) is 3.68. The Morgan fingerprint density at radius 2 is 1.73 bits per heavy atom. The molecule has 0 aliphatic rings. The molecule has 4 rings (SSSR count). The van der Waals surface area contributed by atoms with Gasteiger partial charge in [0.05, 0.1) is 11.4 Å². The normalized spacial score (nSPS) is 11.3. The van der Waals surface area contributed by atoms with Crippen LogP contribution in [0.1, 0.15) is 22.4 Å².